The average molecular weight is 1300 g/mol. The molecule has 5 heteroatoms. The third-order valence-electron chi connectivity index (χ3n) is 16.8. The molecule has 0 unspecified atom stereocenters. The van der Waals surface area contributed by atoms with Crippen molar-refractivity contribution in [3.8, 4) is 118 Å². The molecule has 0 saturated carbocycles. The van der Waals surface area contributed by atoms with E-state index in [1.54, 1.807) is 109 Å². The molecule has 3 heterocycles. The van der Waals surface area contributed by atoms with E-state index in [0.717, 1.165) is 11.8 Å². The Morgan fingerprint density at radius 3 is 1.44 bits per heavy atom. The summed E-state index contributed by atoms with van der Waals surface area (Å²) in [7, 11) is 0. The molecule has 0 aliphatic heterocycles. The predicted molar refractivity (Wildman–Crippen MR) is 408 cm³/mol. The van der Waals surface area contributed by atoms with Crippen LogP contribution in [0.25, 0.3) is 139 Å². The first-order chi connectivity index (χ1) is 61.8. The molecule has 0 amide bonds. The maximum Gasteiger partial charge on any atom is 0.269 e. The molecule has 0 saturated heterocycles. The Morgan fingerprint density at radius 2 is 0.898 bits per heavy atom. The zero-order chi connectivity index (χ0) is 96.1. The van der Waals surface area contributed by atoms with E-state index in [2.05, 4.69) is 6.33 Å². The fraction of sp³-hybridized carbons (Fsp3) is 0.0968. The molecule has 5 nitrogen and oxygen atoms in total. The summed E-state index contributed by atoms with van der Waals surface area (Å²) in [5.41, 5.74) is -7.99. The van der Waals surface area contributed by atoms with Crippen molar-refractivity contribution >= 4 is 32.8 Å². The number of aryl methyl sites for hydroxylation is 1. The van der Waals surface area contributed by atoms with Crippen LogP contribution in [0.4, 0.5) is 0 Å². The van der Waals surface area contributed by atoms with E-state index in [1.165, 1.54) is 22.8 Å². The number of ether oxygens (including phenoxy) is 1. The first-order valence-electron chi connectivity index (χ1n) is 48.1. The van der Waals surface area contributed by atoms with Gasteiger partial charge in [-0.2, -0.15) is 0 Å². The molecule has 13 aromatic carbocycles. The number of hydrogen-bond acceptors (Lipinski definition) is 2. The maximum atomic E-state index is 10.8. The quantitative estimate of drug-likeness (QED) is 0.0852. The Balaban J connectivity index is 1.05. The van der Waals surface area contributed by atoms with Crippen molar-refractivity contribution in [3.63, 3.8) is 0 Å². The molecule has 0 aliphatic carbocycles. The molecule has 0 bridgehead atoms. The van der Waals surface area contributed by atoms with E-state index >= 15 is 0 Å². The monoisotopic (exact) mass is 1300 g/mol. The van der Waals surface area contributed by atoms with Crippen LogP contribution >= 0.6 is 0 Å². The lowest BCUT2D eigenvalue weighted by Gasteiger charge is -2.26. The number of nitrogens with zero attached hydrogens (tertiary/aromatic N) is 4. The summed E-state index contributed by atoms with van der Waals surface area (Å²) in [6.07, 6.45) is 4.65. The van der Waals surface area contributed by atoms with Crippen molar-refractivity contribution in [1.29, 1.82) is 0 Å². The van der Waals surface area contributed by atoms with Gasteiger partial charge in [0.25, 0.3) is 6.33 Å². The second-order valence-corrected chi connectivity index (χ2v) is 25.2. The minimum Gasteiger partial charge on any atom is -0.458 e. The highest BCUT2D eigenvalue weighted by atomic mass is 16.5. The Kier molecular flexibility index (Phi) is 8.71. The summed E-state index contributed by atoms with van der Waals surface area (Å²) in [5.74, 6) is 0.375. The van der Waals surface area contributed by atoms with Crippen molar-refractivity contribution < 1.29 is 55.9 Å². The van der Waals surface area contributed by atoms with Gasteiger partial charge >= 0.3 is 0 Å². The van der Waals surface area contributed by atoms with Crippen LogP contribution < -0.4 is 9.30 Å². The summed E-state index contributed by atoms with van der Waals surface area (Å²) in [4.78, 5) is 4.74. The first-order valence-corrected chi connectivity index (χ1v) is 31.1. The highest BCUT2D eigenvalue weighted by molar-refractivity contribution is 6.09. The summed E-state index contributed by atoms with van der Waals surface area (Å²) in [6.45, 7) is 8.29. The SMILES string of the molecule is [2H]c1c([2H])c([2H])c(-c2cnc(-n3c4ccccc4c4ccc(Oc5cccc(-n6[c-][n+](-c7c(-c8c([2H])c(-c9c([2H])c([2H])c([2H])c([2H])c9[2H])c([2H])c(-c9c([2H])c([2H])c([2H])c([2H])c9[2H])c8[2H])cc(C(C)(C)C)cc7-c7c([2H])c(-c8c([2H])c([2H])c([2H])c([2H])c8[2H])c([2H])c(-c8c([2H])c([2H])c([2H])c([2H])c8[2H])c7[2H])c7ccc(-c8ccc(C(C)(C)C)cc8)cc76)c5)cc43)cc2C([2H])([2H])[2H])c([2H])c1[2H]. The number of imidazole rings is 1. The van der Waals surface area contributed by atoms with Crippen LogP contribution in [0.1, 0.15) is 105 Å². The Labute approximate surface area is 622 Å². The van der Waals surface area contributed by atoms with Crippen molar-refractivity contribution in [2.24, 2.45) is 0 Å². The van der Waals surface area contributed by atoms with E-state index in [4.69, 9.17) is 37.1 Å². The van der Waals surface area contributed by atoms with E-state index in [9.17, 15) is 19.2 Å². The maximum absolute atomic E-state index is 10.8. The van der Waals surface area contributed by atoms with Gasteiger partial charge < -0.3 is 4.74 Å². The Hall–Kier alpha value is -11.9. The standard InChI is InChI=1S/C93H74N4O/c1-62-48-90(94-60-85(62)68-34-21-12-22-35-68)97-86-39-24-23-38-81(86)82-46-45-80(59-88(82)97)98-79-37-25-36-78(58-79)95-61-96(87-47-42-69(55-89(87)95)67-40-43-76(44-41-67)92(2,3)4)91-83(74-51-70(63-26-13-8-14-27-63)49-71(52-74)64-28-15-9-16-29-64)56-77(93(5,6)7)57-84(91)75-53-72(65-30-17-10-18-31-65)50-73(54-75)66-32-19-11-20-33-66/h8-60H,1-7H3/i1D3,8D,9D,10D,11D,12D,13D,14D,15D,16D,17D,18D,19D,20D,21D,22D,26D,27D,28D,29D,30D,31D,32D,33D,34D,35D,49D,50D,51D,52D,53D,54D. The van der Waals surface area contributed by atoms with E-state index in [1.807, 2.05) is 51.1 Å². The van der Waals surface area contributed by atoms with E-state index < -0.39 is 272 Å². The number of fused-ring (bicyclic) bond motifs is 4. The number of benzene rings is 13. The molecule has 0 fully saturated rings. The van der Waals surface area contributed by atoms with Crippen molar-refractivity contribution in [1.82, 2.24) is 14.1 Å². The number of pyridine rings is 1. The van der Waals surface area contributed by atoms with Gasteiger partial charge in [-0.1, -0.05) is 265 Å². The van der Waals surface area contributed by atoms with E-state index in [-0.39, 0.29) is 61.7 Å². The van der Waals surface area contributed by atoms with Crippen LogP contribution in [-0.2, 0) is 10.8 Å². The van der Waals surface area contributed by atoms with Gasteiger partial charge in [-0.05, 0) is 203 Å². The zero-order valence-electron chi connectivity index (χ0n) is 87.4. The molecule has 3 aromatic heterocycles. The lowest BCUT2D eigenvalue weighted by Crippen LogP contribution is -2.32. The molecule has 16 aromatic rings. The van der Waals surface area contributed by atoms with Crippen molar-refractivity contribution in [2.75, 3.05) is 0 Å². The molecule has 0 radical (unpaired) electrons. The highest BCUT2D eigenvalue weighted by Crippen LogP contribution is 2.45. The number of rotatable bonds is 13. The van der Waals surface area contributed by atoms with Crippen molar-refractivity contribution in [3.05, 3.63) is 344 Å². The topological polar surface area (TPSA) is 35.9 Å². The molecular weight excluding hydrogens is 1190 g/mol. The number of hydrogen-bond donors (Lipinski definition) is 0. The second kappa shape index (κ2) is 25.0. The first kappa shape index (κ1) is 34.1. The smallest absolute Gasteiger partial charge is 0.269 e. The van der Waals surface area contributed by atoms with Gasteiger partial charge in [0.05, 0.1) is 75.9 Å². The minimum absolute atomic E-state index is 0.0559. The summed E-state index contributed by atoms with van der Waals surface area (Å²) >= 11 is 0. The Bertz CT molecular complexity index is 7190. The second-order valence-electron chi connectivity index (χ2n) is 25.2. The lowest BCUT2D eigenvalue weighted by atomic mass is 9.81. The van der Waals surface area contributed by atoms with Gasteiger partial charge in [-0.3, -0.25) is 13.7 Å². The Morgan fingerprint density at radius 1 is 0.398 bits per heavy atom. The fourth-order valence-electron chi connectivity index (χ4n) is 11.9. The van der Waals surface area contributed by atoms with Crippen LogP contribution in [-0.4, -0.2) is 14.1 Å². The third-order valence-corrected chi connectivity index (χ3v) is 16.8. The number of aromatic nitrogens is 4. The van der Waals surface area contributed by atoms with Crippen molar-refractivity contribution in [2.45, 2.75) is 59.2 Å². The van der Waals surface area contributed by atoms with Crippen LogP contribution in [0.3, 0.4) is 0 Å². The average Bonchev–Trinajstić information content (AvgIpc) is 1.11. The van der Waals surface area contributed by atoms with Gasteiger partial charge in [-0.15, -0.1) is 0 Å². The minimum atomic E-state index is -2.95. The van der Waals surface area contributed by atoms with Gasteiger partial charge in [0.15, 0.2) is 0 Å². The molecule has 0 spiro atoms. The van der Waals surface area contributed by atoms with Crippen LogP contribution in [0.15, 0.2) is 321 Å². The molecule has 472 valence electrons. The van der Waals surface area contributed by atoms with Gasteiger partial charge in [0.2, 0.25) is 0 Å². The molecule has 98 heavy (non-hydrogen) atoms. The van der Waals surface area contributed by atoms with Crippen LogP contribution in [0.2, 0.25) is 0 Å². The summed E-state index contributed by atoms with van der Waals surface area (Å²) < 4.78 is 328. The molecule has 0 aliphatic rings. The highest BCUT2D eigenvalue weighted by Gasteiger charge is 2.27. The van der Waals surface area contributed by atoms with Gasteiger partial charge in [0.1, 0.15) is 17.3 Å². The normalized spacial score (nSPS) is 16.8. The molecule has 0 atom stereocenters. The fourth-order valence-corrected chi connectivity index (χ4v) is 11.9. The van der Waals surface area contributed by atoms with Crippen LogP contribution in [0, 0.1) is 13.2 Å². The number of para-hydroxylation sites is 1. The van der Waals surface area contributed by atoms with Gasteiger partial charge in [-0.25, -0.2) is 4.98 Å². The summed E-state index contributed by atoms with van der Waals surface area (Å²) in [5, 5.41) is 1.32. The zero-order valence-corrected chi connectivity index (χ0v) is 53.4. The third kappa shape index (κ3) is 11.8. The molecule has 16 rings (SSSR count). The molecule has 0 N–H and O–H groups in total. The summed E-state index contributed by atoms with van der Waals surface area (Å²) in [6, 6.07) is 7.21. The molecular formula is C93H74N4O. The predicted octanol–water partition coefficient (Wildman–Crippen LogP) is 24.2. The lowest BCUT2D eigenvalue weighted by molar-refractivity contribution is -0.571. The van der Waals surface area contributed by atoms with E-state index in [0.29, 0.717) is 32.9 Å². The largest absolute Gasteiger partial charge is 0.458 e. The van der Waals surface area contributed by atoms with Gasteiger partial charge in [0, 0.05) is 32.7 Å². The van der Waals surface area contributed by atoms with Crippen LogP contribution in [0.5, 0.6) is 11.5 Å².